The van der Waals surface area contributed by atoms with Crippen LogP contribution in [0.1, 0.15) is 37.9 Å². The minimum atomic E-state index is -1.16. The smallest absolute Gasteiger partial charge is 0.355 e. The zero-order chi connectivity index (χ0) is 30.5. The average molecular weight is 579 g/mol. The lowest BCUT2D eigenvalue weighted by Gasteiger charge is -2.40. The molecule has 0 aliphatic carbocycles. The Morgan fingerprint density at radius 3 is 2.50 bits per heavy atom. The molecule has 1 saturated heterocycles. The minimum Gasteiger partial charge on any atom is -0.504 e. The lowest BCUT2D eigenvalue weighted by atomic mass is 10.0. The van der Waals surface area contributed by atoms with E-state index in [4.69, 9.17) is 0 Å². The number of hydrogen-bond donors (Lipinski definition) is 1. The largest absolute Gasteiger partial charge is 0.504 e. The van der Waals surface area contributed by atoms with Gasteiger partial charge in [-0.3, -0.25) is 9.78 Å². The minimum absolute atomic E-state index is 0.0840. The zero-order valence-corrected chi connectivity index (χ0v) is 23.5. The maximum atomic E-state index is 15.8. The standard InChI is InChI=1S/C30H29F3N6O3/c1-6-22(40)37-11-12-38(17(5)14-37)28-18-13-21(33)25(23-19(31)7-8-20(32)27(23)41)35-29(18)39(30(42)36-28)26-16(4)9-10-34-24(26)15(2)3/h6-10,13,15,17,41H,1,11-12,14H2,2-5H3/t17-/m0/s1. The molecular weight excluding hydrogens is 549 g/mol. The molecule has 1 aliphatic heterocycles. The molecule has 42 heavy (non-hydrogen) atoms. The first kappa shape index (κ1) is 28.8. The van der Waals surface area contributed by atoms with Gasteiger partial charge in [0.15, 0.2) is 23.0 Å². The number of fused-ring (bicyclic) bond motifs is 1. The number of anilines is 1. The van der Waals surface area contributed by atoms with Gasteiger partial charge in [0, 0.05) is 31.9 Å². The van der Waals surface area contributed by atoms with E-state index in [-0.39, 0.29) is 41.3 Å². The van der Waals surface area contributed by atoms with E-state index in [1.165, 1.54) is 10.6 Å². The van der Waals surface area contributed by atoms with Crippen LogP contribution in [0, 0.1) is 24.4 Å². The highest BCUT2D eigenvalue weighted by molar-refractivity contribution is 5.91. The number of phenolic OH excluding ortho intramolecular Hbond substituents is 1. The fourth-order valence-electron chi connectivity index (χ4n) is 5.35. The van der Waals surface area contributed by atoms with Crippen LogP contribution >= 0.6 is 0 Å². The van der Waals surface area contributed by atoms with Gasteiger partial charge in [0.25, 0.3) is 0 Å². The van der Waals surface area contributed by atoms with Crippen molar-refractivity contribution in [3.63, 3.8) is 0 Å². The van der Waals surface area contributed by atoms with Gasteiger partial charge in [-0.1, -0.05) is 20.4 Å². The van der Waals surface area contributed by atoms with Gasteiger partial charge in [0.2, 0.25) is 5.91 Å². The number of aromatic hydroxyl groups is 1. The molecule has 4 heterocycles. The number of carbonyl (C=O) groups is 1. The van der Waals surface area contributed by atoms with Crippen molar-refractivity contribution in [1.82, 2.24) is 24.4 Å². The molecule has 0 radical (unpaired) electrons. The fraction of sp³-hybridized carbons (Fsp3) is 0.300. The van der Waals surface area contributed by atoms with Gasteiger partial charge in [0.1, 0.15) is 17.3 Å². The second kappa shape index (κ2) is 10.9. The fourth-order valence-corrected chi connectivity index (χ4v) is 5.35. The van der Waals surface area contributed by atoms with Crippen LogP contribution in [0.15, 0.2) is 47.9 Å². The molecule has 4 aromatic rings. The Kier molecular flexibility index (Phi) is 7.48. The van der Waals surface area contributed by atoms with E-state index in [0.717, 1.165) is 18.2 Å². The SMILES string of the molecule is C=CC(=O)N1CCN(c2nc(=O)n(-c3c(C)ccnc3C(C)C)c3nc(-c4c(F)ccc(F)c4O)c(F)cc23)[C@@H](C)C1. The Hall–Kier alpha value is -4.74. The first-order valence-electron chi connectivity index (χ1n) is 13.4. The van der Waals surface area contributed by atoms with E-state index in [0.29, 0.717) is 30.0 Å². The molecule has 5 rings (SSSR count). The molecular formula is C30H29F3N6O3. The molecule has 1 aliphatic rings. The predicted octanol–water partition coefficient (Wildman–Crippen LogP) is 4.62. The topological polar surface area (TPSA) is 104 Å². The number of benzene rings is 1. The first-order chi connectivity index (χ1) is 19.9. The Bertz CT molecular complexity index is 1810. The van der Waals surface area contributed by atoms with Crippen molar-refractivity contribution in [2.45, 2.75) is 39.7 Å². The van der Waals surface area contributed by atoms with Gasteiger partial charge >= 0.3 is 5.69 Å². The number of hydrogen-bond acceptors (Lipinski definition) is 7. The van der Waals surface area contributed by atoms with Crippen LogP contribution in [-0.4, -0.2) is 61.1 Å². The summed E-state index contributed by atoms with van der Waals surface area (Å²) in [5.74, 6) is -4.68. The van der Waals surface area contributed by atoms with Gasteiger partial charge in [-0.15, -0.1) is 0 Å². The third-order valence-electron chi connectivity index (χ3n) is 7.43. The van der Waals surface area contributed by atoms with Crippen molar-refractivity contribution >= 4 is 22.8 Å². The summed E-state index contributed by atoms with van der Waals surface area (Å²) in [7, 11) is 0. The summed E-state index contributed by atoms with van der Waals surface area (Å²) in [6, 6.07) is 3.90. The van der Waals surface area contributed by atoms with Gasteiger partial charge in [-0.05, 0) is 55.7 Å². The van der Waals surface area contributed by atoms with Crippen LogP contribution in [-0.2, 0) is 4.79 Å². The Morgan fingerprint density at radius 2 is 1.83 bits per heavy atom. The van der Waals surface area contributed by atoms with Crippen LogP contribution < -0.4 is 10.6 Å². The maximum absolute atomic E-state index is 15.8. The first-order valence-corrected chi connectivity index (χ1v) is 13.4. The summed E-state index contributed by atoms with van der Waals surface area (Å²) in [6.07, 6.45) is 2.83. The van der Waals surface area contributed by atoms with Gasteiger partial charge in [-0.25, -0.2) is 27.5 Å². The number of nitrogens with zero attached hydrogens (tertiary/aromatic N) is 6. The number of pyridine rings is 2. The lowest BCUT2D eigenvalue weighted by molar-refractivity contribution is -0.126. The number of rotatable bonds is 5. The molecule has 1 aromatic carbocycles. The molecule has 218 valence electrons. The third kappa shape index (κ3) is 4.76. The van der Waals surface area contributed by atoms with E-state index < -0.39 is 40.1 Å². The van der Waals surface area contributed by atoms with Crippen LogP contribution in [0.2, 0.25) is 0 Å². The van der Waals surface area contributed by atoms with E-state index >= 15 is 4.39 Å². The van der Waals surface area contributed by atoms with Crippen LogP contribution in [0.4, 0.5) is 19.0 Å². The summed E-state index contributed by atoms with van der Waals surface area (Å²) >= 11 is 0. The normalized spacial score (nSPS) is 15.5. The Labute approximate surface area is 239 Å². The average Bonchev–Trinajstić information content (AvgIpc) is 2.95. The number of carbonyl (C=O) groups excluding carboxylic acids is 1. The molecule has 1 amide bonds. The van der Waals surface area contributed by atoms with Gasteiger partial charge < -0.3 is 14.9 Å². The van der Waals surface area contributed by atoms with Crippen molar-refractivity contribution in [2.24, 2.45) is 0 Å². The van der Waals surface area contributed by atoms with Crippen molar-refractivity contribution in [3.05, 3.63) is 82.3 Å². The van der Waals surface area contributed by atoms with Crippen molar-refractivity contribution in [1.29, 1.82) is 0 Å². The van der Waals surface area contributed by atoms with Crippen LogP contribution in [0.3, 0.4) is 0 Å². The lowest BCUT2D eigenvalue weighted by Crippen LogP contribution is -2.54. The van der Waals surface area contributed by atoms with Gasteiger partial charge in [-0.2, -0.15) is 4.98 Å². The summed E-state index contributed by atoms with van der Waals surface area (Å²) in [4.78, 5) is 42.7. The number of amides is 1. The summed E-state index contributed by atoms with van der Waals surface area (Å²) in [6.45, 7) is 11.8. The molecule has 3 aromatic heterocycles. The summed E-state index contributed by atoms with van der Waals surface area (Å²) < 4.78 is 46.2. The Morgan fingerprint density at radius 1 is 1.12 bits per heavy atom. The highest BCUT2D eigenvalue weighted by Crippen LogP contribution is 2.38. The molecule has 1 N–H and O–H groups in total. The van der Waals surface area contributed by atoms with Crippen molar-refractivity contribution < 1.29 is 23.1 Å². The second-order valence-corrected chi connectivity index (χ2v) is 10.5. The Balaban J connectivity index is 1.85. The predicted molar refractivity (Wildman–Crippen MR) is 152 cm³/mol. The molecule has 0 saturated carbocycles. The summed E-state index contributed by atoms with van der Waals surface area (Å²) in [5.41, 5.74) is -0.701. The van der Waals surface area contributed by atoms with Crippen LogP contribution in [0.5, 0.6) is 5.75 Å². The van der Waals surface area contributed by atoms with Gasteiger partial charge in [0.05, 0.1) is 22.3 Å². The van der Waals surface area contributed by atoms with Crippen molar-refractivity contribution in [3.8, 4) is 22.7 Å². The number of halogens is 3. The molecule has 9 nitrogen and oxygen atoms in total. The van der Waals surface area contributed by atoms with E-state index in [9.17, 15) is 23.5 Å². The molecule has 12 heteroatoms. The number of aryl methyl sites for hydroxylation is 1. The summed E-state index contributed by atoms with van der Waals surface area (Å²) in [5, 5.41) is 10.5. The number of phenols is 1. The molecule has 1 fully saturated rings. The van der Waals surface area contributed by atoms with E-state index in [2.05, 4.69) is 21.5 Å². The molecule has 1 atom stereocenters. The maximum Gasteiger partial charge on any atom is 0.355 e. The molecule has 0 spiro atoms. The number of piperazine rings is 1. The monoisotopic (exact) mass is 578 g/mol. The van der Waals surface area contributed by atoms with Crippen LogP contribution in [0.25, 0.3) is 28.0 Å². The zero-order valence-electron chi connectivity index (χ0n) is 23.5. The van der Waals surface area contributed by atoms with Crippen molar-refractivity contribution in [2.75, 3.05) is 24.5 Å². The molecule has 0 unspecified atom stereocenters. The second-order valence-electron chi connectivity index (χ2n) is 10.5. The highest BCUT2D eigenvalue weighted by Gasteiger charge is 2.31. The van der Waals surface area contributed by atoms with E-state index in [1.54, 1.807) is 29.0 Å². The third-order valence-corrected chi connectivity index (χ3v) is 7.43. The molecule has 0 bridgehead atoms. The number of aromatic nitrogens is 4. The quantitative estimate of drug-likeness (QED) is 0.345. The highest BCUT2D eigenvalue weighted by atomic mass is 19.1. The van der Waals surface area contributed by atoms with E-state index in [1.807, 2.05) is 20.8 Å².